The molecule has 1 aromatic heterocycles. The van der Waals surface area contributed by atoms with Crippen molar-refractivity contribution in [2.45, 2.75) is 12.5 Å². The first-order chi connectivity index (χ1) is 7.84. The summed E-state index contributed by atoms with van der Waals surface area (Å²) in [6, 6.07) is 4.27. The number of hydrogen-bond donors (Lipinski definition) is 1. The average Bonchev–Trinajstić information content (AvgIpc) is 2.92. The third-order valence-corrected chi connectivity index (χ3v) is 3.84. The van der Waals surface area contributed by atoms with E-state index in [9.17, 15) is 0 Å². The monoisotopic (exact) mass is 254 g/mol. The zero-order valence-electron chi connectivity index (χ0n) is 8.57. The van der Waals surface area contributed by atoms with Crippen LogP contribution in [0.1, 0.15) is 6.42 Å². The van der Waals surface area contributed by atoms with Crippen molar-refractivity contribution in [1.82, 2.24) is 4.98 Å². The van der Waals surface area contributed by atoms with Crippen molar-refractivity contribution < 1.29 is 4.74 Å². The molecule has 16 heavy (non-hydrogen) atoms. The molecular formula is C11H11ClN2OS. The molecule has 1 saturated heterocycles. The molecule has 5 heteroatoms. The first-order valence-electron chi connectivity index (χ1n) is 5.20. The van der Waals surface area contributed by atoms with E-state index in [4.69, 9.17) is 16.3 Å². The highest BCUT2D eigenvalue weighted by Crippen LogP contribution is 2.33. The van der Waals surface area contributed by atoms with Gasteiger partial charge in [0.2, 0.25) is 0 Å². The van der Waals surface area contributed by atoms with Crippen LogP contribution in [0.25, 0.3) is 10.2 Å². The molecule has 0 radical (unpaired) electrons. The molecule has 3 nitrogen and oxygen atoms in total. The summed E-state index contributed by atoms with van der Waals surface area (Å²) in [6.45, 7) is 1.57. The highest BCUT2D eigenvalue weighted by molar-refractivity contribution is 7.16. The van der Waals surface area contributed by atoms with Gasteiger partial charge in [-0.1, -0.05) is 11.6 Å². The zero-order chi connectivity index (χ0) is 11.0. The van der Waals surface area contributed by atoms with Gasteiger partial charge >= 0.3 is 0 Å². The molecule has 1 aliphatic heterocycles. The van der Waals surface area contributed by atoms with Gasteiger partial charge in [0.1, 0.15) is 5.52 Å². The van der Waals surface area contributed by atoms with Crippen LogP contribution in [0.2, 0.25) is 5.02 Å². The Labute approximate surface area is 102 Å². The van der Waals surface area contributed by atoms with Crippen molar-refractivity contribution >= 4 is 38.8 Å². The lowest BCUT2D eigenvalue weighted by molar-refractivity contribution is 0.195. The van der Waals surface area contributed by atoms with Gasteiger partial charge in [0.25, 0.3) is 0 Å². The fourth-order valence-electron chi connectivity index (χ4n) is 1.90. The summed E-state index contributed by atoms with van der Waals surface area (Å²) < 4.78 is 6.50. The van der Waals surface area contributed by atoms with Crippen LogP contribution < -0.4 is 5.32 Å². The van der Waals surface area contributed by atoms with Crippen LogP contribution in [0.5, 0.6) is 0 Å². The molecule has 0 bridgehead atoms. The number of fused-ring (bicyclic) bond motifs is 1. The summed E-state index contributed by atoms with van der Waals surface area (Å²) in [6.07, 6.45) is 1.02. The maximum absolute atomic E-state index is 6.20. The molecule has 84 valence electrons. The van der Waals surface area contributed by atoms with Gasteiger partial charge in [-0.05, 0) is 18.6 Å². The second kappa shape index (κ2) is 4.20. The average molecular weight is 255 g/mol. The fourth-order valence-corrected chi connectivity index (χ4v) is 2.79. The molecular weight excluding hydrogens is 244 g/mol. The summed E-state index contributed by atoms with van der Waals surface area (Å²) in [5, 5.41) is 4.15. The number of anilines is 1. The maximum atomic E-state index is 6.20. The zero-order valence-corrected chi connectivity index (χ0v) is 10.1. The van der Waals surface area contributed by atoms with E-state index in [-0.39, 0.29) is 0 Å². The number of hydrogen-bond acceptors (Lipinski definition) is 4. The topological polar surface area (TPSA) is 34.2 Å². The van der Waals surface area contributed by atoms with Gasteiger partial charge in [0.15, 0.2) is 0 Å². The lowest BCUT2D eigenvalue weighted by atomic mass is 10.2. The summed E-state index contributed by atoms with van der Waals surface area (Å²) in [5.41, 5.74) is 3.75. The van der Waals surface area contributed by atoms with Crippen molar-refractivity contribution in [2.75, 3.05) is 18.5 Å². The van der Waals surface area contributed by atoms with Gasteiger partial charge < -0.3 is 10.1 Å². The van der Waals surface area contributed by atoms with E-state index in [0.29, 0.717) is 6.04 Å². The van der Waals surface area contributed by atoms with E-state index in [1.807, 2.05) is 17.6 Å². The quantitative estimate of drug-likeness (QED) is 0.894. The highest BCUT2D eigenvalue weighted by Gasteiger charge is 2.18. The molecule has 1 N–H and O–H groups in total. The minimum Gasteiger partial charge on any atom is -0.379 e. The number of rotatable bonds is 2. The highest BCUT2D eigenvalue weighted by atomic mass is 35.5. The smallest absolute Gasteiger partial charge is 0.106 e. The van der Waals surface area contributed by atoms with E-state index in [0.717, 1.165) is 40.6 Å². The largest absolute Gasteiger partial charge is 0.379 e. The molecule has 1 fully saturated rings. The van der Waals surface area contributed by atoms with Gasteiger partial charge in [-0.15, -0.1) is 11.3 Å². The molecule has 2 aromatic rings. The first kappa shape index (κ1) is 10.3. The first-order valence-corrected chi connectivity index (χ1v) is 6.46. The Morgan fingerprint density at radius 3 is 3.25 bits per heavy atom. The van der Waals surface area contributed by atoms with Crippen LogP contribution in [0, 0.1) is 0 Å². The molecule has 3 rings (SSSR count). The van der Waals surface area contributed by atoms with Gasteiger partial charge in [0.05, 0.1) is 33.6 Å². The molecule has 0 aliphatic carbocycles. The summed E-state index contributed by atoms with van der Waals surface area (Å²) in [5.74, 6) is 0. The van der Waals surface area contributed by atoms with E-state index in [2.05, 4.69) is 10.3 Å². The fraction of sp³-hybridized carbons (Fsp3) is 0.364. The third-order valence-electron chi connectivity index (χ3n) is 2.73. The van der Waals surface area contributed by atoms with Crippen molar-refractivity contribution in [2.24, 2.45) is 0 Å². The van der Waals surface area contributed by atoms with E-state index in [1.165, 1.54) is 0 Å². The summed E-state index contributed by atoms with van der Waals surface area (Å²) >= 11 is 7.83. The predicted molar refractivity (Wildman–Crippen MR) is 67.5 cm³/mol. The molecule has 0 saturated carbocycles. The number of ether oxygens (including phenoxy) is 1. The third kappa shape index (κ3) is 1.77. The second-order valence-corrected chi connectivity index (χ2v) is 5.12. The standard InChI is InChI=1S/C11H11ClN2OS/c12-8-1-2-9-11(13-6-16-9)10(8)14-7-3-4-15-5-7/h1-2,6-7,14H,3-5H2. The Hall–Kier alpha value is -0.840. The van der Waals surface area contributed by atoms with Crippen LogP contribution in [0.3, 0.4) is 0 Å². The molecule has 1 aromatic carbocycles. The normalized spacial score (nSPS) is 20.4. The molecule has 2 heterocycles. The Kier molecular flexibility index (Phi) is 2.71. The van der Waals surface area contributed by atoms with Crippen LogP contribution in [-0.4, -0.2) is 24.2 Å². The summed E-state index contributed by atoms with van der Waals surface area (Å²) in [4.78, 5) is 4.35. The van der Waals surface area contributed by atoms with Gasteiger partial charge in [-0.25, -0.2) is 4.98 Å². The molecule has 0 spiro atoms. The Morgan fingerprint density at radius 2 is 2.44 bits per heavy atom. The van der Waals surface area contributed by atoms with E-state index in [1.54, 1.807) is 11.3 Å². The number of nitrogens with one attached hydrogen (secondary N) is 1. The number of benzene rings is 1. The van der Waals surface area contributed by atoms with Gasteiger partial charge in [-0.2, -0.15) is 0 Å². The lowest BCUT2D eigenvalue weighted by Crippen LogP contribution is -2.19. The van der Waals surface area contributed by atoms with Crippen molar-refractivity contribution in [3.8, 4) is 0 Å². The SMILES string of the molecule is Clc1ccc2scnc2c1NC1CCOC1. The number of thiazole rings is 1. The molecule has 1 unspecified atom stereocenters. The van der Waals surface area contributed by atoms with Crippen LogP contribution in [0.15, 0.2) is 17.6 Å². The Morgan fingerprint density at radius 1 is 1.50 bits per heavy atom. The predicted octanol–water partition coefficient (Wildman–Crippen LogP) is 3.15. The van der Waals surface area contributed by atoms with Gasteiger partial charge in [0, 0.05) is 6.61 Å². The van der Waals surface area contributed by atoms with Crippen LogP contribution >= 0.6 is 22.9 Å². The van der Waals surface area contributed by atoms with Gasteiger partial charge in [-0.3, -0.25) is 0 Å². The summed E-state index contributed by atoms with van der Waals surface area (Å²) in [7, 11) is 0. The molecule has 1 aliphatic rings. The Bertz CT molecular complexity index is 508. The minimum atomic E-state index is 0.352. The minimum absolute atomic E-state index is 0.352. The van der Waals surface area contributed by atoms with E-state index >= 15 is 0 Å². The molecule has 1 atom stereocenters. The number of halogens is 1. The van der Waals surface area contributed by atoms with Crippen molar-refractivity contribution in [3.05, 3.63) is 22.7 Å². The Balaban J connectivity index is 1.99. The molecule has 0 amide bonds. The maximum Gasteiger partial charge on any atom is 0.106 e. The second-order valence-electron chi connectivity index (χ2n) is 3.83. The van der Waals surface area contributed by atoms with Crippen LogP contribution in [0.4, 0.5) is 5.69 Å². The van der Waals surface area contributed by atoms with Crippen LogP contribution in [-0.2, 0) is 4.74 Å². The number of nitrogens with zero attached hydrogens (tertiary/aromatic N) is 1. The number of aromatic nitrogens is 1. The van der Waals surface area contributed by atoms with Crippen molar-refractivity contribution in [1.29, 1.82) is 0 Å². The van der Waals surface area contributed by atoms with Crippen molar-refractivity contribution in [3.63, 3.8) is 0 Å². The van der Waals surface area contributed by atoms with E-state index < -0.39 is 0 Å². The lowest BCUT2D eigenvalue weighted by Gasteiger charge is -2.13.